The summed E-state index contributed by atoms with van der Waals surface area (Å²) in [6.07, 6.45) is 5.65. The summed E-state index contributed by atoms with van der Waals surface area (Å²) in [5.41, 5.74) is 0. The molecule has 0 amide bonds. The Kier molecular flexibility index (Phi) is 9.68. The van der Waals surface area contributed by atoms with E-state index in [2.05, 4.69) is 13.8 Å². The molecule has 3 nitrogen and oxygen atoms in total. The standard InChI is InChI=1S/C13H25NO2S2/c1-5-11(3)7-8-13(16)9-12(10-15)14(6-2)18(4)17/h10-12H,5-9H2,1-4H3. The molecule has 0 N–H and O–H groups in total. The summed E-state index contributed by atoms with van der Waals surface area (Å²) < 4.78 is 1.92. The van der Waals surface area contributed by atoms with Gasteiger partial charge in [-0.15, -0.1) is 0 Å². The quantitative estimate of drug-likeness (QED) is 0.579. The van der Waals surface area contributed by atoms with Crippen LogP contribution in [0.3, 0.4) is 0 Å². The topological polar surface area (TPSA) is 37.4 Å². The lowest BCUT2D eigenvalue weighted by atomic mass is 9.99. The molecule has 0 radical (unpaired) electrons. The second-order valence-corrected chi connectivity index (χ2v) is 7.42. The SMILES string of the molecule is CCC(C)CCC(=O)CC(C=O)N(CC)S(C)=S. The Morgan fingerprint density at radius 2 is 2.06 bits per heavy atom. The zero-order valence-electron chi connectivity index (χ0n) is 11.8. The summed E-state index contributed by atoms with van der Waals surface area (Å²) in [6, 6.07) is -0.342. The predicted octanol–water partition coefficient (Wildman–Crippen LogP) is 2.29. The van der Waals surface area contributed by atoms with E-state index < -0.39 is 0 Å². The molecule has 0 aromatic heterocycles. The smallest absolute Gasteiger partial charge is 0.138 e. The average Bonchev–Trinajstić information content (AvgIpc) is 2.34. The molecular formula is C13H25NO2S2. The van der Waals surface area contributed by atoms with E-state index in [0.29, 0.717) is 25.3 Å². The number of carbonyl (C=O) groups excluding carboxylic acids is 2. The predicted molar refractivity (Wildman–Crippen MR) is 81.2 cm³/mol. The van der Waals surface area contributed by atoms with Crippen molar-refractivity contribution in [2.24, 2.45) is 5.92 Å². The summed E-state index contributed by atoms with van der Waals surface area (Å²) in [5.74, 6) is 0.747. The van der Waals surface area contributed by atoms with Crippen molar-refractivity contribution in [1.29, 1.82) is 0 Å². The van der Waals surface area contributed by atoms with Gasteiger partial charge in [0.05, 0.1) is 6.04 Å². The molecule has 0 aromatic carbocycles. The van der Waals surface area contributed by atoms with Crippen molar-refractivity contribution in [3.63, 3.8) is 0 Å². The van der Waals surface area contributed by atoms with Crippen molar-refractivity contribution in [3.8, 4) is 0 Å². The number of likely N-dealkylation sites (N-methyl/N-ethyl adjacent to an activating group) is 1. The minimum atomic E-state index is -0.381. The van der Waals surface area contributed by atoms with Gasteiger partial charge in [0.25, 0.3) is 0 Å². The van der Waals surface area contributed by atoms with Crippen LogP contribution in [-0.2, 0) is 30.4 Å². The molecule has 5 heteroatoms. The van der Waals surface area contributed by atoms with Gasteiger partial charge in [0.2, 0.25) is 0 Å². The number of aldehydes is 1. The highest BCUT2D eigenvalue weighted by atomic mass is 32.8. The van der Waals surface area contributed by atoms with E-state index in [1.54, 1.807) is 0 Å². The Balaban J connectivity index is 4.31. The third kappa shape index (κ3) is 6.71. The number of hydrogen-bond donors (Lipinski definition) is 0. The number of hydrogen-bond acceptors (Lipinski definition) is 3. The van der Waals surface area contributed by atoms with Crippen LogP contribution in [0.4, 0.5) is 0 Å². The molecule has 0 heterocycles. The van der Waals surface area contributed by atoms with Gasteiger partial charge in [-0.05, 0) is 23.5 Å². The molecule has 0 spiro atoms. The van der Waals surface area contributed by atoms with E-state index in [1.165, 1.54) is 0 Å². The molecule has 0 rings (SSSR count). The van der Waals surface area contributed by atoms with E-state index in [0.717, 1.165) is 19.1 Å². The molecule has 0 saturated carbocycles. The van der Waals surface area contributed by atoms with Gasteiger partial charge >= 0.3 is 0 Å². The van der Waals surface area contributed by atoms with Crippen molar-refractivity contribution in [2.45, 2.75) is 52.5 Å². The molecule has 0 bridgehead atoms. The van der Waals surface area contributed by atoms with E-state index in [9.17, 15) is 9.59 Å². The first-order valence-electron chi connectivity index (χ1n) is 6.53. The third-order valence-corrected chi connectivity index (χ3v) is 4.98. The van der Waals surface area contributed by atoms with Gasteiger partial charge in [0.1, 0.15) is 12.1 Å². The Hall–Kier alpha value is -0.130. The van der Waals surface area contributed by atoms with Gasteiger partial charge < -0.3 is 4.79 Å². The first-order chi connectivity index (χ1) is 8.46. The first-order valence-corrected chi connectivity index (χ1v) is 9.04. The van der Waals surface area contributed by atoms with Crippen molar-refractivity contribution < 1.29 is 9.59 Å². The Morgan fingerprint density at radius 1 is 1.44 bits per heavy atom. The fourth-order valence-electron chi connectivity index (χ4n) is 1.77. The summed E-state index contributed by atoms with van der Waals surface area (Å²) in [4.78, 5) is 23.0. The van der Waals surface area contributed by atoms with E-state index in [1.807, 2.05) is 17.5 Å². The van der Waals surface area contributed by atoms with Crippen LogP contribution in [0.25, 0.3) is 0 Å². The Morgan fingerprint density at radius 3 is 2.44 bits per heavy atom. The van der Waals surface area contributed by atoms with Crippen LogP contribution < -0.4 is 0 Å². The van der Waals surface area contributed by atoms with Crippen LogP contribution in [0.2, 0.25) is 0 Å². The van der Waals surface area contributed by atoms with Gasteiger partial charge in [-0.25, -0.2) is 4.31 Å². The van der Waals surface area contributed by atoms with Crippen LogP contribution in [0.15, 0.2) is 0 Å². The highest BCUT2D eigenvalue weighted by molar-refractivity contribution is 8.27. The molecule has 0 aliphatic heterocycles. The molecule has 106 valence electrons. The zero-order chi connectivity index (χ0) is 14.1. The van der Waals surface area contributed by atoms with Crippen LogP contribution in [0, 0.1) is 5.92 Å². The molecule has 3 atom stereocenters. The molecule has 18 heavy (non-hydrogen) atoms. The molecule has 0 aromatic rings. The summed E-state index contributed by atoms with van der Waals surface area (Å²) in [7, 11) is -0.381. The highest BCUT2D eigenvalue weighted by Gasteiger charge is 2.20. The number of Topliss-reactive ketones (excluding diaryl/α,β-unsaturated/α-hetero) is 1. The van der Waals surface area contributed by atoms with Gasteiger partial charge in [0.15, 0.2) is 0 Å². The molecular weight excluding hydrogens is 266 g/mol. The Labute approximate surface area is 118 Å². The van der Waals surface area contributed by atoms with Crippen LogP contribution >= 0.6 is 0 Å². The number of carbonyl (C=O) groups is 2. The van der Waals surface area contributed by atoms with Crippen LogP contribution in [-0.4, -0.2) is 35.2 Å². The summed E-state index contributed by atoms with van der Waals surface area (Å²) >= 11 is 5.20. The number of ketones is 1. The third-order valence-electron chi connectivity index (χ3n) is 3.22. The van der Waals surface area contributed by atoms with E-state index in [4.69, 9.17) is 11.2 Å². The number of rotatable bonds is 10. The Bertz CT molecular complexity index is 295. The lowest BCUT2D eigenvalue weighted by Crippen LogP contribution is -2.38. The van der Waals surface area contributed by atoms with Crippen molar-refractivity contribution in [2.75, 3.05) is 12.8 Å². The molecule has 3 unspecified atom stereocenters. The summed E-state index contributed by atoms with van der Waals surface area (Å²) in [6.45, 7) is 6.96. The highest BCUT2D eigenvalue weighted by Crippen LogP contribution is 2.13. The van der Waals surface area contributed by atoms with Crippen LogP contribution in [0.5, 0.6) is 0 Å². The van der Waals surface area contributed by atoms with Crippen molar-refractivity contribution in [3.05, 3.63) is 0 Å². The van der Waals surface area contributed by atoms with Crippen LogP contribution in [0.1, 0.15) is 46.5 Å². The maximum atomic E-state index is 11.9. The maximum absolute atomic E-state index is 11.9. The maximum Gasteiger partial charge on any atom is 0.138 e. The second-order valence-electron chi connectivity index (χ2n) is 4.66. The first kappa shape index (κ1) is 17.9. The molecule has 0 fully saturated rings. The fraction of sp³-hybridized carbons (Fsp3) is 0.846. The zero-order valence-corrected chi connectivity index (χ0v) is 13.5. The monoisotopic (exact) mass is 291 g/mol. The molecule has 0 aliphatic carbocycles. The van der Waals surface area contributed by atoms with Crippen molar-refractivity contribution in [1.82, 2.24) is 4.31 Å². The number of nitrogens with zero attached hydrogens (tertiary/aromatic N) is 1. The summed E-state index contributed by atoms with van der Waals surface area (Å²) in [5, 5.41) is 0. The average molecular weight is 291 g/mol. The van der Waals surface area contributed by atoms with Gasteiger partial charge in [-0.3, -0.25) is 4.79 Å². The fourth-order valence-corrected chi connectivity index (χ4v) is 3.29. The van der Waals surface area contributed by atoms with Gasteiger partial charge in [-0.1, -0.05) is 36.8 Å². The van der Waals surface area contributed by atoms with Gasteiger partial charge in [0, 0.05) is 25.6 Å². The van der Waals surface area contributed by atoms with E-state index in [-0.39, 0.29) is 21.5 Å². The van der Waals surface area contributed by atoms with Crippen molar-refractivity contribution >= 4 is 32.9 Å². The largest absolute Gasteiger partial charge is 0.302 e. The lowest BCUT2D eigenvalue weighted by Gasteiger charge is -2.25. The lowest BCUT2D eigenvalue weighted by molar-refractivity contribution is -0.122. The van der Waals surface area contributed by atoms with Gasteiger partial charge in [-0.2, -0.15) is 0 Å². The minimum absolute atomic E-state index is 0.173. The molecule has 0 saturated heterocycles. The second kappa shape index (κ2) is 9.75. The molecule has 0 aliphatic rings. The normalized spacial score (nSPS) is 16.3. The van der Waals surface area contributed by atoms with E-state index >= 15 is 0 Å². The minimum Gasteiger partial charge on any atom is -0.302 e.